The maximum atomic E-state index is 12.4. The van der Waals surface area contributed by atoms with E-state index < -0.39 is 0 Å². The van der Waals surface area contributed by atoms with E-state index in [4.69, 9.17) is 4.74 Å². The highest BCUT2D eigenvalue weighted by Gasteiger charge is 2.20. The van der Waals surface area contributed by atoms with E-state index in [-0.39, 0.29) is 17.8 Å². The summed E-state index contributed by atoms with van der Waals surface area (Å²) in [6, 6.07) is 20.1. The molecule has 0 bridgehead atoms. The summed E-state index contributed by atoms with van der Waals surface area (Å²) in [6.07, 6.45) is 2.20. The second kappa shape index (κ2) is 8.95. The lowest BCUT2D eigenvalue weighted by Crippen LogP contribution is -2.32. The average Bonchev–Trinajstić information content (AvgIpc) is 3.55. The lowest BCUT2D eigenvalue weighted by molar-refractivity contribution is -0.119. The molecule has 2 aromatic carbocycles. The van der Waals surface area contributed by atoms with E-state index in [1.54, 1.807) is 0 Å². The molecule has 1 unspecified atom stereocenters. The molecule has 0 aliphatic carbocycles. The SMILES string of the molecule is O=C(CSc1nnc(-c2cc3ccccc3[nH]2)n1-c1ccccc1)NCC1CCCO1. The van der Waals surface area contributed by atoms with Gasteiger partial charge in [0, 0.05) is 29.7 Å². The van der Waals surface area contributed by atoms with Crippen molar-refractivity contribution in [2.45, 2.75) is 24.1 Å². The molecule has 0 radical (unpaired) electrons. The Kier molecular flexibility index (Phi) is 5.73. The van der Waals surface area contributed by atoms with Gasteiger partial charge in [-0.15, -0.1) is 10.2 Å². The molecule has 3 heterocycles. The summed E-state index contributed by atoms with van der Waals surface area (Å²) in [4.78, 5) is 15.8. The number of amides is 1. The smallest absolute Gasteiger partial charge is 0.230 e. The summed E-state index contributed by atoms with van der Waals surface area (Å²) >= 11 is 1.38. The van der Waals surface area contributed by atoms with Gasteiger partial charge >= 0.3 is 0 Å². The largest absolute Gasteiger partial charge is 0.376 e. The van der Waals surface area contributed by atoms with Gasteiger partial charge < -0.3 is 15.0 Å². The number of hydrogen-bond acceptors (Lipinski definition) is 5. The van der Waals surface area contributed by atoms with Gasteiger partial charge in [-0.05, 0) is 37.1 Å². The fourth-order valence-corrected chi connectivity index (χ4v) is 4.54. The van der Waals surface area contributed by atoms with Gasteiger partial charge in [0.05, 0.1) is 17.6 Å². The van der Waals surface area contributed by atoms with Gasteiger partial charge in [0.25, 0.3) is 0 Å². The molecule has 1 amide bonds. The number of nitrogens with one attached hydrogen (secondary N) is 2. The van der Waals surface area contributed by atoms with Gasteiger partial charge in [-0.1, -0.05) is 48.2 Å². The van der Waals surface area contributed by atoms with Crippen LogP contribution in [0.2, 0.25) is 0 Å². The monoisotopic (exact) mass is 433 g/mol. The van der Waals surface area contributed by atoms with E-state index in [9.17, 15) is 4.79 Å². The topological polar surface area (TPSA) is 84.8 Å². The Morgan fingerprint density at radius 3 is 2.81 bits per heavy atom. The van der Waals surface area contributed by atoms with Crippen LogP contribution >= 0.6 is 11.8 Å². The quantitative estimate of drug-likeness (QED) is 0.433. The number of carbonyl (C=O) groups is 1. The highest BCUT2D eigenvalue weighted by atomic mass is 32.2. The molecule has 1 saturated heterocycles. The summed E-state index contributed by atoms with van der Waals surface area (Å²) < 4.78 is 7.56. The zero-order valence-electron chi connectivity index (χ0n) is 17.0. The Bertz CT molecular complexity index is 1150. The van der Waals surface area contributed by atoms with Gasteiger partial charge in [-0.2, -0.15) is 0 Å². The van der Waals surface area contributed by atoms with Crippen LogP contribution in [-0.4, -0.2) is 50.7 Å². The Labute approximate surface area is 184 Å². The number of nitrogens with zero attached hydrogens (tertiary/aromatic N) is 3. The van der Waals surface area contributed by atoms with Crippen molar-refractivity contribution in [3.05, 3.63) is 60.7 Å². The average molecular weight is 434 g/mol. The fraction of sp³-hybridized carbons (Fsp3) is 0.261. The molecule has 1 fully saturated rings. The van der Waals surface area contributed by atoms with Crippen molar-refractivity contribution in [2.75, 3.05) is 18.9 Å². The second-order valence-electron chi connectivity index (χ2n) is 7.48. The number of fused-ring (bicyclic) bond motifs is 1. The first-order valence-corrected chi connectivity index (χ1v) is 11.4. The normalized spacial score (nSPS) is 16.1. The number of para-hydroxylation sites is 2. The van der Waals surface area contributed by atoms with Crippen LogP contribution in [0.15, 0.2) is 65.8 Å². The van der Waals surface area contributed by atoms with Crippen molar-refractivity contribution in [1.82, 2.24) is 25.1 Å². The molecule has 8 heteroatoms. The number of H-pyrrole nitrogens is 1. The van der Waals surface area contributed by atoms with Crippen molar-refractivity contribution < 1.29 is 9.53 Å². The van der Waals surface area contributed by atoms with Crippen LogP contribution in [0, 0.1) is 0 Å². The number of thioether (sulfide) groups is 1. The summed E-state index contributed by atoms with van der Waals surface area (Å²) in [5.41, 5.74) is 2.87. The molecule has 0 saturated carbocycles. The Morgan fingerprint density at radius 2 is 2.00 bits per heavy atom. The van der Waals surface area contributed by atoms with Crippen LogP contribution < -0.4 is 5.32 Å². The lowest BCUT2D eigenvalue weighted by Gasteiger charge is -2.11. The second-order valence-corrected chi connectivity index (χ2v) is 8.42. The number of rotatable bonds is 7. The first-order chi connectivity index (χ1) is 15.3. The number of ether oxygens (including phenoxy) is 1. The van der Waals surface area contributed by atoms with Gasteiger partial charge in [0.1, 0.15) is 0 Å². The standard InChI is InChI=1S/C23H23N5O2S/c29-21(24-14-18-10-6-12-30-18)15-31-23-27-26-22(28(23)17-8-2-1-3-9-17)20-13-16-7-4-5-11-19(16)25-20/h1-5,7-9,11,13,18,25H,6,10,12,14-15H2,(H,24,29). The van der Waals surface area contributed by atoms with Crippen LogP contribution in [0.3, 0.4) is 0 Å². The summed E-state index contributed by atoms with van der Waals surface area (Å²) in [5, 5.41) is 13.6. The summed E-state index contributed by atoms with van der Waals surface area (Å²) in [5.74, 6) is 0.949. The van der Waals surface area contributed by atoms with E-state index in [1.807, 2.05) is 53.1 Å². The van der Waals surface area contributed by atoms with Crippen molar-refractivity contribution >= 4 is 28.6 Å². The first-order valence-electron chi connectivity index (χ1n) is 10.4. The molecule has 7 nitrogen and oxygen atoms in total. The molecule has 2 aromatic heterocycles. The Hall–Kier alpha value is -3.10. The minimum atomic E-state index is -0.0322. The van der Waals surface area contributed by atoms with E-state index in [0.717, 1.165) is 41.7 Å². The number of aromatic amines is 1. The van der Waals surface area contributed by atoms with Crippen LogP contribution in [0.5, 0.6) is 0 Å². The minimum Gasteiger partial charge on any atom is -0.376 e. The van der Waals surface area contributed by atoms with Crippen molar-refractivity contribution in [1.29, 1.82) is 0 Å². The van der Waals surface area contributed by atoms with Gasteiger partial charge in [0.15, 0.2) is 11.0 Å². The molecule has 1 aliphatic heterocycles. The van der Waals surface area contributed by atoms with E-state index >= 15 is 0 Å². The first kappa shape index (κ1) is 19.8. The molecule has 158 valence electrons. The fourth-order valence-electron chi connectivity index (χ4n) is 3.76. The Balaban J connectivity index is 1.39. The predicted molar refractivity (Wildman–Crippen MR) is 121 cm³/mol. The number of carbonyl (C=O) groups excluding carboxylic acids is 1. The highest BCUT2D eigenvalue weighted by Crippen LogP contribution is 2.29. The summed E-state index contributed by atoms with van der Waals surface area (Å²) in [7, 11) is 0. The van der Waals surface area contributed by atoms with Crippen molar-refractivity contribution in [3.8, 4) is 17.2 Å². The third-order valence-electron chi connectivity index (χ3n) is 5.30. The molecule has 5 rings (SSSR count). The van der Waals surface area contributed by atoms with Gasteiger partial charge in [0.2, 0.25) is 5.91 Å². The van der Waals surface area contributed by atoms with Crippen LogP contribution in [0.4, 0.5) is 0 Å². The molecule has 31 heavy (non-hydrogen) atoms. The lowest BCUT2D eigenvalue weighted by atomic mass is 10.2. The highest BCUT2D eigenvalue weighted by molar-refractivity contribution is 7.99. The number of aromatic nitrogens is 4. The van der Waals surface area contributed by atoms with E-state index in [0.29, 0.717) is 17.5 Å². The van der Waals surface area contributed by atoms with Crippen LogP contribution in [0.25, 0.3) is 28.1 Å². The van der Waals surface area contributed by atoms with Crippen LogP contribution in [0.1, 0.15) is 12.8 Å². The third kappa shape index (κ3) is 4.35. The van der Waals surface area contributed by atoms with E-state index in [2.05, 4.69) is 32.6 Å². The molecule has 2 N–H and O–H groups in total. The van der Waals surface area contributed by atoms with Crippen LogP contribution in [-0.2, 0) is 9.53 Å². The molecule has 0 spiro atoms. The minimum absolute atomic E-state index is 0.0322. The number of hydrogen-bond donors (Lipinski definition) is 2. The molecule has 4 aromatic rings. The predicted octanol–water partition coefficient (Wildman–Crippen LogP) is 3.80. The van der Waals surface area contributed by atoms with Crippen molar-refractivity contribution in [3.63, 3.8) is 0 Å². The zero-order chi connectivity index (χ0) is 21.0. The maximum Gasteiger partial charge on any atom is 0.230 e. The van der Waals surface area contributed by atoms with Crippen molar-refractivity contribution in [2.24, 2.45) is 0 Å². The zero-order valence-corrected chi connectivity index (χ0v) is 17.8. The molecule has 1 atom stereocenters. The third-order valence-corrected chi connectivity index (χ3v) is 6.23. The number of benzene rings is 2. The van der Waals surface area contributed by atoms with E-state index in [1.165, 1.54) is 11.8 Å². The molecule has 1 aliphatic rings. The summed E-state index contributed by atoms with van der Waals surface area (Å²) in [6.45, 7) is 1.34. The van der Waals surface area contributed by atoms with Gasteiger partial charge in [-0.3, -0.25) is 9.36 Å². The molecular formula is C23H23N5O2S. The van der Waals surface area contributed by atoms with Gasteiger partial charge in [-0.25, -0.2) is 0 Å². The Morgan fingerprint density at radius 1 is 1.16 bits per heavy atom. The maximum absolute atomic E-state index is 12.4. The molecular weight excluding hydrogens is 410 g/mol.